The van der Waals surface area contributed by atoms with Crippen molar-refractivity contribution < 1.29 is 4.79 Å². The summed E-state index contributed by atoms with van der Waals surface area (Å²) in [6.45, 7) is 9.34. The van der Waals surface area contributed by atoms with E-state index in [-0.39, 0.29) is 0 Å². The van der Waals surface area contributed by atoms with E-state index < -0.39 is 6.03 Å². The molecule has 0 saturated heterocycles. The highest BCUT2D eigenvalue weighted by atomic mass is 16.2. The number of nitrogens with two attached hydrogens (primary N) is 1. The van der Waals surface area contributed by atoms with Gasteiger partial charge in [-0.3, -0.25) is 4.90 Å². The van der Waals surface area contributed by atoms with Gasteiger partial charge in [-0.2, -0.15) is 5.10 Å². The number of carbonyl (C=O) groups is 1. The molecule has 5 rings (SSSR count). The van der Waals surface area contributed by atoms with Crippen molar-refractivity contribution in [2.45, 2.75) is 53.1 Å². The lowest BCUT2D eigenvalue weighted by atomic mass is 9.98. The number of nitrogens with zero attached hydrogens (tertiary/aromatic N) is 3. The first-order valence-corrected chi connectivity index (χ1v) is 13.1. The molecule has 4 aromatic rings. The van der Waals surface area contributed by atoms with Gasteiger partial charge in [0.2, 0.25) is 0 Å². The van der Waals surface area contributed by atoms with Crippen molar-refractivity contribution in [3.8, 4) is 16.9 Å². The molecule has 2 amide bonds. The Morgan fingerprint density at radius 1 is 0.946 bits per heavy atom. The monoisotopic (exact) mass is 493 g/mol. The quantitative estimate of drug-likeness (QED) is 0.330. The lowest BCUT2D eigenvalue weighted by Gasteiger charge is -2.27. The van der Waals surface area contributed by atoms with E-state index in [9.17, 15) is 4.79 Å². The van der Waals surface area contributed by atoms with Gasteiger partial charge in [-0.1, -0.05) is 68.4 Å². The molecule has 0 fully saturated rings. The van der Waals surface area contributed by atoms with Gasteiger partial charge in [-0.05, 0) is 54.2 Å². The van der Waals surface area contributed by atoms with Gasteiger partial charge in [0.05, 0.1) is 17.1 Å². The van der Waals surface area contributed by atoms with Gasteiger partial charge >= 0.3 is 6.03 Å². The second-order valence-corrected chi connectivity index (χ2v) is 9.77. The summed E-state index contributed by atoms with van der Waals surface area (Å²) in [6.07, 6.45) is 2.79. The fraction of sp³-hybridized carbons (Fsp3) is 0.290. The SMILES string of the molecule is CCc1cccc(CC)c1-n1nc2c(c1-c1ccc(NC(N)=O)cc1)CN(Cc1ccccc1C)CC2. The van der Waals surface area contributed by atoms with E-state index in [0.29, 0.717) is 5.69 Å². The molecule has 1 aliphatic heterocycles. The maximum Gasteiger partial charge on any atom is 0.316 e. The zero-order valence-corrected chi connectivity index (χ0v) is 21.9. The van der Waals surface area contributed by atoms with Crippen LogP contribution in [-0.4, -0.2) is 27.3 Å². The lowest BCUT2D eigenvalue weighted by molar-refractivity contribution is 0.244. The Morgan fingerprint density at radius 2 is 1.62 bits per heavy atom. The van der Waals surface area contributed by atoms with E-state index in [1.807, 2.05) is 12.1 Å². The number of aromatic nitrogens is 2. The first-order chi connectivity index (χ1) is 18.0. The van der Waals surface area contributed by atoms with Crippen LogP contribution in [0.5, 0.6) is 0 Å². The molecule has 1 aromatic heterocycles. The smallest absolute Gasteiger partial charge is 0.316 e. The molecule has 0 atom stereocenters. The summed E-state index contributed by atoms with van der Waals surface area (Å²) in [5, 5.41) is 7.91. The number of amides is 2. The van der Waals surface area contributed by atoms with Crippen LogP contribution in [0.1, 0.15) is 47.4 Å². The van der Waals surface area contributed by atoms with E-state index >= 15 is 0 Å². The Bertz CT molecular complexity index is 1400. The van der Waals surface area contributed by atoms with Gasteiger partial charge in [0.15, 0.2) is 0 Å². The molecule has 0 radical (unpaired) electrons. The van der Waals surface area contributed by atoms with Crippen LogP contribution in [0.25, 0.3) is 16.9 Å². The molecule has 0 aliphatic carbocycles. The zero-order valence-electron chi connectivity index (χ0n) is 21.9. The predicted octanol–water partition coefficient (Wildman–Crippen LogP) is 6.02. The number of fused-ring (bicyclic) bond motifs is 1. The van der Waals surface area contributed by atoms with Crippen molar-refractivity contribution in [3.05, 3.63) is 100 Å². The molecule has 0 saturated carbocycles. The molecule has 6 nitrogen and oxygen atoms in total. The van der Waals surface area contributed by atoms with Crippen LogP contribution in [0, 0.1) is 6.92 Å². The van der Waals surface area contributed by atoms with E-state index in [1.54, 1.807) is 0 Å². The summed E-state index contributed by atoms with van der Waals surface area (Å²) >= 11 is 0. The Morgan fingerprint density at radius 3 is 2.27 bits per heavy atom. The Kier molecular flexibility index (Phi) is 7.10. The van der Waals surface area contributed by atoms with Crippen molar-refractivity contribution in [1.82, 2.24) is 14.7 Å². The summed E-state index contributed by atoms with van der Waals surface area (Å²) in [5.74, 6) is 0. The second kappa shape index (κ2) is 10.6. The molecule has 6 heteroatoms. The minimum absolute atomic E-state index is 0.563. The fourth-order valence-electron chi connectivity index (χ4n) is 5.39. The fourth-order valence-corrected chi connectivity index (χ4v) is 5.39. The second-order valence-electron chi connectivity index (χ2n) is 9.77. The number of anilines is 1. The van der Waals surface area contributed by atoms with Crippen molar-refractivity contribution >= 4 is 11.7 Å². The van der Waals surface area contributed by atoms with Gasteiger partial charge in [0.1, 0.15) is 0 Å². The summed E-state index contributed by atoms with van der Waals surface area (Å²) in [5.41, 5.74) is 17.2. The van der Waals surface area contributed by atoms with E-state index in [1.165, 1.54) is 39.2 Å². The number of hydrogen-bond acceptors (Lipinski definition) is 3. The highest BCUT2D eigenvalue weighted by Crippen LogP contribution is 2.36. The first-order valence-electron chi connectivity index (χ1n) is 13.1. The van der Waals surface area contributed by atoms with Crippen molar-refractivity contribution in [2.24, 2.45) is 5.73 Å². The normalized spacial score (nSPS) is 13.4. The molecule has 37 heavy (non-hydrogen) atoms. The Hall–Kier alpha value is -3.90. The maximum absolute atomic E-state index is 11.4. The molecule has 190 valence electrons. The third-order valence-electron chi connectivity index (χ3n) is 7.37. The number of benzene rings is 3. The lowest BCUT2D eigenvalue weighted by Crippen LogP contribution is -2.30. The van der Waals surface area contributed by atoms with Crippen molar-refractivity contribution in [2.75, 3.05) is 11.9 Å². The average molecular weight is 494 g/mol. The van der Waals surface area contributed by atoms with Crippen LogP contribution in [0.4, 0.5) is 10.5 Å². The molecule has 3 N–H and O–H groups in total. The molecule has 3 aromatic carbocycles. The van der Waals surface area contributed by atoms with Crippen molar-refractivity contribution in [3.63, 3.8) is 0 Å². The topological polar surface area (TPSA) is 76.2 Å². The standard InChI is InChI=1S/C31H35N5O/c1-4-22-11-8-12-23(5-2)29(22)36-30(24-13-15-26(16-14-24)33-31(32)37)27-20-35(18-17-28(27)34-36)19-25-10-7-6-9-21(25)3/h6-16H,4-5,17-20H2,1-3H3,(H3,32,33,37). The van der Waals surface area contributed by atoms with Crippen LogP contribution in [-0.2, 0) is 32.4 Å². The van der Waals surface area contributed by atoms with Gasteiger partial charge in [0.25, 0.3) is 0 Å². The van der Waals surface area contributed by atoms with Crippen LogP contribution in [0.3, 0.4) is 0 Å². The molecule has 1 aliphatic rings. The number of primary amides is 1. The summed E-state index contributed by atoms with van der Waals surface area (Å²) in [7, 11) is 0. The zero-order chi connectivity index (χ0) is 25.9. The summed E-state index contributed by atoms with van der Waals surface area (Å²) in [6, 6.07) is 22.6. The first kappa shape index (κ1) is 24.8. The number of urea groups is 1. The number of hydrogen-bond donors (Lipinski definition) is 2. The molecular formula is C31H35N5O. The Labute approximate surface area is 219 Å². The molecular weight excluding hydrogens is 458 g/mol. The number of rotatable bonds is 7. The average Bonchev–Trinajstić information content (AvgIpc) is 3.28. The highest BCUT2D eigenvalue weighted by Gasteiger charge is 2.27. The van der Waals surface area contributed by atoms with Crippen LogP contribution in [0.2, 0.25) is 0 Å². The number of nitrogens with one attached hydrogen (secondary N) is 1. The van der Waals surface area contributed by atoms with Crippen molar-refractivity contribution in [1.29, 1.82) is 0 Å². The van der Waals surface area contributed by atoms with Gasteiger partial charge in [-0.15, -0.1) is 0 Å². The molecule has 0 bridgehead atoms. The van der Waals surface area contributed by atoms with Gasteiger partial charge in [-0.25, -0.2) is 9.48 Å². The predicted molar refractivity (Wildman–Crippen MR) is 150 cm³/mol. The number of aryl methyl sites for hydroxylation is 3. The number of para-hydroxylation sites is 1. The highest BCUT2D eigenvalue weighted by molar-refractivity contribution is 5.88. The van der Waals surface area contributed by atoms with Gasteiger partial charge < -0.3 is 11.1 Å². The van der Waals surface area contributed by atoms with E-state index in [2.05, 4.69) is 90.3 Å². The van der Waals surface area contributed by atoms with E-state index in [0.717, 1.165) is 50.2 Å². The summed E-state index contributed by atoms with van der Waals surface area (Å²) < 4.78 is 2.19. The minimum atomic E-state index is -0.563. The largest absolute Gasteiger partial charge is 0.351 e. The molecule has 0 unspecified atom stereocenters. The maximum atomic E-state index is 11.4. The minimum Gasteiger partial charge on any atom is -0.351 e. The third-order valence-corrected chi connectivity index (χ3v) is 7.37. The van der Waals surface area contributed by atoms with Crippen LogP contribution < -0.4 is 11.1 Å². The Balaban J connectivity index is 1.62. The third kappa shape index (κ3) is 5.02. The number of carbonyl (C=O) groups excluding carboxylic acids is 1. The van der Waals surface area contributed by atoms with E-state index in [4.69, 9.17) is 10.8 Å². The van der Waals surface area contributed by atoms with Crippen LogP contribution >= 0.6 is 0 Å². The molecule has 0 spiro atoms. The van der Waals surface area contributed by atoms with Gasteiger partial charge in [0, 0.05) is 42.9 Å². The summed E-state index contributed by atoms with van der Waals surface area (Å²) in [4.78, 5) is 13.9. The molecule has 2 heterocycles. The van der Waals surface area contributed by atoms with Crippen LogP contribution in [0.15, 0.2) is 66.7 Å².